The number of nitrogens with one attached hydrogen (secondary N) is 1. The number of amides is 1. The maximum atomic E-state index is 12.7. The molecule has 152 valence electrons. The van der Waals surface area contributed by atoms with Crippen LogP contribution in [0.15, 0.2) is 67.0 Å². The van der Waals surface area contributed by atoms with E-state index in [-0.39, 0.29) is 11.9 Å². The second-order valence-electron chi connectivity index (χ2n) is 6.96. The zero-order valence-electron chi connectivity index (χ0n) is 17.2. The van der Waals surface area contributed by atoms with Crippen LogP contribution in [0.3, 0.4) is 0 Å². The molecule has 0 saturated carbocycles. The summed E-state index contributed by atoms with van der Waals surface area (Å²) >= 11 is 0. The second kappa shape index (κ2) is 9.82. The van der Waals surface area contributed by atoms with Gasteiger partial charge in [0, 0.05) is 18.9 Å². The lowest BCUT2D eigenvalue weighted by molar-refractivity contribution is -0.121. The predicted octanol–water partition coefficient (Wildman–Crippen LogP) is 4.50. The van der Waals surface area contributed by atoms with Crippen LogP contribution < -0.4 is 14.8 Å². The number of nitrogens with zero attached hydrogens (tertiary/aromatic N) is 1. The summed E-state index contributed by atoms with van der Waals surface area (Å²) in [5.41, 5.74) is 3.28. The van der Waals surface area contributed by atoms with E-state index >= 15 is 0 Å². The van der Waals surface area contributed by atoms with Crippen molar-refractivity contribution in [2.24, 2.45) is 0 Å². The van der Waals surface area contributed by atoms with Gasteiger partial charge in [-0.05, 0) is 49.2 Å². The molecule has 1 heterocycles. The van der Waals surface area contributed by atoms with E-state index in [1.165, 1.54) is 5.56 Å². The first kappa shape index (κ1) is 20.5. The van der Waals surface area contributed by atoms with Crippen LogP contribution in [0.5, 0.6) is 11.5 Å². The first-order valence-electron chi connectivity index (χ1n) is 9.86. The molecule has 1 N–H and O–H groups in total. The molecule has 5 nitrogen and oxygen atoms in total. The Labute approximate surface area is 172 Å². The molecule has 0 bridgehead atoms. The molecule has 2 aromatic carbocycles. The fourth-order valence-electron chi connectivity index (χ4n) is 3.28. The molecule has 0 aliphatic carbocycles. The molecule has 29 heavy (non-hydrogen) atoms. The van der Waals surface area contributed by atoms with Crippen LogP contribution >= 0.6 is 0 Å². The molecule has 1 atom stereocenters. The summed E-state index contributed by atoms with van der Waals surface area (Å²) in [6.07, 6.45) is 4.36. The van der Waals surface area contributed by atoms with E-state index < -0.39 is 0 Å². The molecule has 0 radical (unpaired) electrons. The third-order valence-corrected chi connectivity index (χ3v) is 4.85. The number of aryl methyl sites for hydroxylation is 1. The molecule has 0 aliphatic heterocycles. The minimum absolute atomic E-state index is 0.00266. The van der Waals surface area contributed by atoms with E-state index in [2.05, 4.69) is 41.1 Å². The van der Waals surface area contributed by atoms with Crippen molar-refractivity contribution in [1.29, 1.82) is 0 Å². The monoisotopic (exact) mass is 392 g/mol. The highest BCUT2D eigenvalue weighted by Crippen LogP contribution is 2.28. The van der Waals surface area contributed by atoms with Gasteiger partial charge >= 0.3 is 0 Å². The number of carbonyl (C=O) groups is 1. The highest BCUT2D eigenvalue weighted by molar-refractivity contribution is 5.77. The molecular weight excluding hydrogens is 364 g/mol. The van der Waals surface area contributed by atoms with Crippen molar-refractivity contribution in [2.75, 3.05) is 13.7 Å². The first-order chi connectivity index (χ1) is 14.1. The Kier molecular flexibility index (Phi) is 6.95. The fourth-order valence-corrected chi connectivity index (χ4v) is 3.28. The summed E-state index contributed by atoms with van der Waals surface area (Å²) in [5, 5.41) is 3.03. The molecular formula is C24H28N2O3. The highest BCUT2D eigenvalue weighted by Gasteiger charge is 2.17. The summed E-state index contributed by atoms with van der Waals surface area (Å²) in [7, 11) is 1.61. The van der Waals surface area contributed by atoms with Gasteiger partial charge in [0.2, 0.25) is 5.91 Å². The topological polar surface area (TPSA) is 52.5 Å². The Morgan fingerprint density at radius 2 is 1.79 bits per heavy atom. The molecule has 1 amide bonds. The van der Waals surface area contributed by atoms with Gasteiger partial charge in [-0.3, -0.25) is 4.79 Å². The van der Waals surface area contributed by atoms with Crippen LogP contribution in [0.2, 0.25) is 0 Å². The molecule has 1 aromatic heterocycles. The van der Waals surface area contributed by atoms with Crippen LogP contribution in [-0.2, 0) is 11.3 Å². The maximum absolute atomic E-state index is 12.7. The zero-order chi connectivity index (χ0) is 20.6. The van der Waals surface area contributed by atoms with Crippen LogP contribution in [0.1, 0.15) is 36.1 Å². The maximum Gasteiger partial charge on any atom is 0.222 e. The van der Waals surface area contributed by atoms with Gasteiger partial charge < -0.3 is 19.4 Å². The van der Waals surface area contributed by atoms with Crippen molar-refractivity contribution >= 4 is 5.91 Å². The number of hydrogen-bond acceptors (Lipinski definition) is 3. The SMILES string of the molecule is CCOc1ccc(CNC(=O)CC(c2ccc(C)cc2)n2cccc2)cc1OC. The molecule has 3 aromatic rings. The van der Waals surface area contributed by atoms with E-state index in [9.17, 15) is 4.79 Å². The van der Waals surface area contributed by atoms with Gasteiger partial charge in [0.25, 0.3) is 0 Å². The molecule has 0 saturated heterocycles. The minimum atomic E-state index is -0.0412. The first-order valence-corrected chi connectivity index (χ1v) is 9.86. The van der Waals surface area contributed by atoms with E-state index in [0.717, 1.165) is 11.1 Å². The van der Waals surface area contributed by atoms with E-state index in [0.29, 0.717) is 31.1 Å². The number of methoxy groups -OCH3 is 1. The predicted molar refractivity (Wildman–Crippen MR) is 114 cm³/mol. The van der Waals surface area contributed by atoms with Crippen LogP contribution in [-0.4, -0.2) is 24.2 Å². The van der Waals surface area contributed by atoms with Crippen molar-refractivity contribution in [3.8, 4) is 11.5 Å². The lowest BCUT2D eigenvalue weighted by atomic mass is 10.0. The fraction of sp³-hybridized carbons (Fsp3) is 0.292. The summed E-state index contributed by atoms with van der Waals surface area (Å²) in [6.45, 7) is 5.01. The number of ether oxygens (including phenoxy) is 2. The second-order valence-corrected chi connectivity index (χ2v) is 6.96. The molecule has 0 spiro atoms. The van der Waals surface area contributed by atoms with Gasteiger partial charge in [-0.1, -0.05) is 35.9 Å². The van der Waals surface area contributed by atoms with Crippen molar-refractivity contribution in [1.82, 2.24) is 9.88 Å². The summed E-state index contributed by atoms with van der Waals surface area (Å²) in [5.74, 6) is 1.37. The Morgan fingerprint density at radius 3 is 2.45 bits per heavy atom. The van der Waals surface area contributed by atoms with Gasteiger partial charge in [-0.2, -0.15) is 0 Å². The number of carbonyl (C=O) groups excluding carboxylic acids is 1. The molecule has 1 unspecified atom stereocenters. The summed E-state index contributed by atoms with van der Waals surface area (Å²) < 4.78 is 13.0. The van der Waals surface area contributed by atoms with Gasteiger partial charge in [-0.15, -0.1) is 0 Å². The number of aromatic nitrogens is 1. The van der Waals surface area contributed by atoms with Gasteiger partial charge in [-0.25, -0.2) is 0 Å². The zero-order valence-corrected chi connectivity index (χ0v) is 17.2. The Morgan fingerprint density at radius 1 is 1.07 bits per heavy atom. The largest absolute Gasteiger partial charge is 0.493 e. The smallest absolute Gasteiger partial charge is 0.222 e. The quantitative estimate of drug-likeness (QED) is 0.583. The molecule has 0 fully saturated rings. The number of hydrogen-bond donors (Lipinski definition) is 1. The van der Waals surface area contributed by atoms with Gasteiger partial charge in [0.15, 0.2) is 11.5 Å². The normalized spacial score (nSPS) is 11.7. The van der Waals surface area contributed by atoms with E-state index in [1.807, 2.05) is 49.6 Å². The lowest BCUT2D eigenvalue weighted by Crippen LogP contribution is -2.26. The van der Waals surface area contributed by atoms with Crippen LogP contribution in [0.4, 0.5) is 0 Å². The van der Waals surface area contributed by atoms with Crippen molar-refractivity contribution in [3.63, 3.8) is 0 Å². The lowest BCUT2D eigenvalue weighted by Gasteiger charge is -2.20. The number of rotatable bonds is 9. The van der Waals surface area contributed by atoms with Gasteiger partial charge in [0.05, 0.1) is 26.2 Å². The van der Waals surface area contributed by atoms with Crippen LogP contribution in [0.25, 0.3) is 0 Å². The minimum Gasteiger partial charge on any atom is -0.493 e. The number of benzene rings is 2. The third kappa shape index (κ3) is 5.41. The Bertz CT molecular complexity index is 918. The third-order valence-electron chi connectivity index (χ3n) is 4.85. The highest BCUT2D eigenvalue weighted by atomic mass is 16.5. The van der Waals surface area contributed by atoms with Crippen molar-refractivity contribution in [3.05, 3.63) is 83.7 Å². The average Bonchev–Trinajstić information content (AvgIpc) is 3.27. The molecule has 5 heteroatoms. The molecule has 0 aliphatic rings. The van der Waals surface area contributed by atoms with Crippen molar-refractivity contribution < 1.29 is 14.3 Å². The average molecular weight is 392 g/mol. The summed E-state index contributed by atoms with van der Waals surface area (Å²) in [6, 6.07) is 18.0. The van der Waals surface area contributed by atoms with Crippen molar-refractivity contribution in [2.45, 2.75) is 32.9 Å². The standard InChI is InChI=1S/C24H28N2O3/c1-4-29-22-12-9-19(15-23(22)28-3)17-25-24(27)16-21(26-13-5-6-14-26)20-10-7-18(2)8-11-20/h5-15,21H,4,16-17H2,1-3H3,(H,25,27). The van der Waals surface area contributed by atoms with E-state index in [1.54, 1.807) is 7.11 Å². The van der Waals surface area contributed by atoms with Gasteiger partial charge in [0.1, 0.15) is 0 Å². The Hall–Kier alpha value is -3.21. The summed E-state index contributed by atoms with van der Waals surface area (Å²) in [4.78, 5) is 12.7. The van der Waals surface area contributed by atoms with Crippen LogP contribution in [0, 0.1) is 6.92 Å². The molecule has 3 rings (SSSR count). The Balaban J connectivity index is 1.67. The van der Waals surface area contributed by atoms with E-state index in [4.69, 9.17) is 9.47 Å².